The number of hydrogen-bond donors (Lipinski definition) is 1. The van der Waals surface area contributed by atoms with Gasteiger partial charge in [0.25, 0.3) is 0 Å². The summed E-state index contributed by atoms with van der Waals surface area (Å²) in [7, 11) is 0. The van der Waals surface area contributed by atoms with E-state index >= 15 is 0 Å². The van der Waals surface area contributed by atoms with Crippen molar-refractivity contribution in [2.75, 3.05) is 0 Å². The number of aromatic nitrogens is 3. The van der Waals surface area contributed by atoms with Crippen molar-refractivity contribution < 1.29 is 0 Å². The molecule has 0 spiro atoms. The molecule has 2 heterocycles. The van der Waals surface area contributed by atoms with Gasteiger partial charge in [0.2, 0.25) is 0 Å². The number of allylic oxidation sites excluding steroid dienone is 5. The van der Waals surface area contributed by atoms with Gasteiger partial charge >= 0.3 is 0 Å². The maximum Gasteiger partial charge on any atom is 0.114 e. The Morgan fingerprint density at radius 3 is 3.06 bits per heavy atom. The summed E-state index contributed by atoms with van der Waals surface area (Å²) < 4.78 is 0. The van der Waals surface area contributed by atoms with Crippen LogP contribution in [0.1, 0.15) is 12.6 Å². The monoisotopic (exact) mass is 211 g/mol. The average Bonchev–Trinajstić information content (AvgIpc) is 2.76. The third kappa shape index (κ3) is 1.80. The van der Waals surface area contributed by atoms with Gasteiger partial charge in [0.05, 0.1) is 17.5 Å². The maximum absolute atomic E-state index is 4.37. The predicted octanol–water partition coefficient (Wildman–Crippen LogP) is 3.10. The summed E-state index contributed by atoms with van der Waals surface area (Å²) in [5.74, 6) is 0. The number of pyridine rings is 1. The van der Waals surface area contributed by atoms with Gasteiger partial charge in [-0.25, -0.2) is 4.98 Å². The smallest absolute Gasteiger partial charge is 0.114 e. The lowest BCUT2D eigenvalue weighted by Crippen LogP contribution is -1.88. The Balaban J connectivity index is 2.64. The fourth-order valence-corrected chi connectivity index (χ4v) is 1.60. The molecule has 3 heteroatoms. The minimum absolute atomic E-state index is 0.872. The van der Waals surface area contributed by atoms with E-state index in [-0.39, 0.29) is 0 Å². The molecule has 0 saturated heterocycles. The Morgan fingerprint density at radius 2 is 2.31 bits per heavy atom. The lowest BCUT2D eigenvalue weighted by molar-refractivity contribution is 1.29. The molecular formula is C13H13N3. The Morgan fingerprint density at radius 1 is 1.44 bits per heavy atom. The third-order valence-electron chi connectivity index (χ3n) is 2.26. The second-order valence-electron chi connectivity index (χ2n) is 3.32. The first-order chi connectivity index (χ1) is 7.86. The molecule has 0 aromatic carbocycles. The van der Waals surface area contributed by atoms with Crippen LogP contribution >= 0.6 is 0 Å². The van der Waals surface area contributed by atoms with Crippen LogP contribution in [0.25, 0.3) is 16.6 Å². The first-order valence-corrected chi connectivity index (χ1v) is 5.10. The van der Waals surface area contributed by atoms with Gasteiger partial charge < -0.3 is 4.98 Å². The molecule has 0 radical (unpaired) electrons. The normalized spacial score (nSPS) is 12.4. The van der Waals surface area contributed by atoms with Crippen molar-refractivity contribution in [3.8, 4) is 0 Å². The molecule has 2 aromatic heterocycles. The molecule has 1 N–H and O–H groups in total. The van der Waals surface area contributed by atoms with Crippen molar-refractivity contribution in [2.24, 2.45) is 0 Å². The van der Waals surface area contributed by atoms with Gasteiger partial charge in [-0.2, -0.15) is 0 Å². The summed E-state index contributed by atoms with van der Waals surface area (Å²) in [6.07, 6.45) is 11.1. The van der Waals surface area contributed by atoms with Crippen LogP contribution in [0.15, 0.2) is 49.5 Å². The van der Waals surface area contributed by atoms with E-state index in [0.717, 1.165) is 22.3 Å². The molecule has 0 bridgehead atoms. The summed E-state index contributed by atoms with van der Waals surface area (Å²) in [4.78, 5) is 11.7. The zero-order valence-electron chi connectivity index (χ0n) is 9.14. The quantitative estimate of drug-likeness (QED) is 0.792. The molecule has 2 rings (SSSR count). The highest BCUT2D eigenvalue weighted by Gasteiger charge is 2.06. The minimum Gasteiger partial charge on any atom is -0.344 e. The van der Waals surface area contributed by atoms with E-state index in [1.807, 2.05) is 31.2 Å². The van der Waals surface area contributed by atoms with Crippen molar-refractivity contribution in [3.05, 3.63) is 55.2 Å². The highest BCUT2D eigenvalue weighted by Crippen LogP contribution is 2.21. The summed E-state index contributed by atoms with van der Waals surface area (Å²) in [6.45, 7) is 5.68. The van der Waals surface area contributed by atoms with Crippen molar-refractivity contribution in [2.45, 2.75) is 6.92 Å². The second kappa shape index (κ2) is 4.57. The third-order valence-corrected chi connectivity index (χ3v) is 2.26. The van der Waals surface area contributed by atoms with Gasteiger partial charge in [0, 0.05) is 11.8 Å². The Bertz CT molecular complexity index is 561. The molecule has 0 saturated carbocycles. The van der Waals surface area contributed by atoms with Crippen LogP contribution in [0.2, 0.25) is 0 Å². The number of fused-ring (bicyclic) bond motifs is 1. The Hall–Kier alpha value is -2.16. The van der Waals surface area contributed by atoms with Crippen LogP contribution in [0, 0.1) is 0 Å². The van der Waals surface area contributed by atoms with Gasteiger partial charge in [-0.3, -0.25) is 4.98 Å². The molecule has 0 fully saturated rings. The van der Waals surface area contributed by atoms with E-state index < -0.39 is 0 Å². The van der Waals surface area contributed by atoms with Crippen molar-refractivity contribution in [1.82, 2.24) is 15.0 Å². The van der Waals surface area contributed by atoms with Gasteiger partial charge in [0.1, 0.15) is 5.52 Å². The average molecular weight is 211 g/mol. The minimum atomic E-state index is 0.872. The number of H-pyrrole nitrogens is 1. The molecule has 16 heavy (non-hydrogen) atoms. The van der Waals surface area contributed by atoms with Crippen LogP contribution in [-0.4, -0.2) is 15.0 Å². The number of nitrogens with one attached hydrogen (secondary N) is 1. The Kier molecular flexibility index (Phi) is 2.96. The largest absolute Gasteiger partial charge is 0.344 e. The zero-order chi connectivity index (χ0) is 11.4. The fraction of sp³-hybridized carbons (Fsp3) is 0.0769. The van der Waals surface area contributed by atoms with Crippen LogP contribution in [0.5, 0.6) is 0 Å². The van der Waals surface area contributed by atoms with E-state index in [1.54, 1.807) is 18.6 Å². The summed E-state index contributed by atoms with van der Waals surface area (Å²) in [5.41, 5.74) is 3.75. The molecule has 3 nitrogen and oxygen atoms in total. The van der Waals surface area contributed by atoms with Gasteiger partial charge in [0.15, 0.2) is 0 Å². The van der Waals surface area contributed by atoms with Crippen molar-refractivity contribution in [1.29, 1.82) is 0 Å². The molecular weight excluding hydrogens is 198 g/mol. The lowest BCUT2D eigenvalue weighted by Gasteiger charge is -2.01. The lowest BCUT2D eigenvalue weighted by atomic mass is 10.1. The van der Waals surface area contributed by atoms with Crippen molar-refractivity contribution >= 4 is 16.6 Å². The standard InChI is InChI=1S/C13H13N3/c1-3-5-10(6-4-2)12-13-11(7-8-14-12)15-9-16-13/h3-9H,1H2,2H3,(H,15,16)/b6-4-,10-5+. The highest BCUT2D eigenvalue weighted by atomic mass is 14.9. The van der Waals surface area contributed by atoms with Crippen LogP contribution in [0.4, 0.5) is 0 Å². The van der Waals surface area contributed by atoms with E-state index in [0.29, 0.717) is 0 Å². The number of aromatic amines is 1. The number of nitrogens with zero attached hydrogens (tertiary/aromatic N) is 2. The first-order valence-electron chi connectivity index (χ1n) is 5.10. The summed E-state index contributed by atoms with van der Waals surface area (Å²) >= 11 is 0. The topological polar surface area (TPSA) is 41.6 Å². The Labute approximate surface area is 94.2 Å². The van der Waals surface area contributed by atoms with Crippen LogP contribution in [0.3, 0.4) is 0 Å². The molecule has 0 aliphatic heterocycles. The van der Waals surface area contributed by atoms with Crippen LogP contribution in [-0.2, 0) is 0 Å². The maximum atomic E-state index is 4.37. The number of hydrogen-bond acceptors (Lipinski definition) is 2. The SMILES string of the molecule is C=C/C=C(\C=C/C)c1nccc2[nH]cnc12. The predicted molar refractivity (Wildman–Crippen MR) is 66.9 cm³/mol. The zero-order valence-corrected chi connectivity index (χ0v) is 9.14. The van der Waals surface area contributed by atoms with Gasteiger partial charge in [-0.1, -0.05) is 30.9 Å². The molecule has 80 valence electrons. The van der Waals surface area contributed by atoms with E-state index in [1.165, 1.54) is 0 Å². The summed E-state index contributed by atoms with van der Waals surface area (Å²) in [6, 6.07) is 1.91. The molecule has 0 amide bonds. The van der Waals surface area contributed by atoms with Crippen LogP contribution < -0.4 is 0 Å². The van der Waals surface area contributed by atoms with E-state index in [2.05, 4.69) is 21.5 Å². The van der Waals surface area contributed by atoms with Gasteiger partial charge in [-0.05, 0) is 13.0 Å². The summed E-state index contributed by atoms with van der Waals surface area (Å²) in [5, 5.41) is 0. The first kappa shape index (κ1) is 10.4. The molecule has 2 aromatic rings. The molecule has 0 atom stereocenters. The number of imidazole rings is 1. The molecule has 0 aliphatic rings. The molecule has 0 unspecified atom stereocenters. The van der Waals surface area contributed by atoms with E-state index in [4.69, 9.17) is 0 Å². The number of rotatable bonds is 3. The fourth-order valence-electron chi connectivity index (χ4n) is 1.60. The highest BCUT2D eigenvalue weighted by molar-refractivity contribution is 5.89. The van der Waals surface area contributed by atoms with Crippen molar-refractivity contribution in [3.63, 3.8) is 0 Å². The second-order valence-corrected chi connectivity index (χ2v) is 3.32. The van der Waals surface area contributed by atoms with E-state index in [9.17, 15) is 0 Å². The molecule has 0 aliphatic carbocycles. The van der Waals surface area contributed by atoms with Gasteiger partial charge in [-0.15, -0.1) is 0 Å².